The summed E-state index contributed by atoms with van der Waals surface area (Å²) in [5.41, 5.74) is 5.81. The third kappa shape index (κ3) is 4.13. The average Bonchev–Trinajstić information content (AvgIpc) is 3.19. The quantitative estimate of drug-likeness (QED) is 0.703. The Balaban J connectivity index is 1.89. The molecule has 0 bridgehead atoms. The zero-order valence-electron chi connectivity index (χ0n) is 12.1. The van der Waals surface area contributed by atoms with E-state index in [0.29, 0.717) is 29.7 Å². The van der Waals surface area contributed by atoms with E-state index >= 15 is 0 Å². The SMILES string of the molecule is CCCC(C(N)=S)N1CCN(S(=O)(=O)CC2CC2)CC1. The van der Waals surface area contributed by atoms with E-state index in [-0.39, 0.29) is 6.04 Å². The van der Waals surface area contributed by atoms with E-state index in [0.717, 1.165) is 38.8 Å². The summed E-state index contributed by atoms with van der Waals surface area (Å²) in [7, 11) is -3.06. The molecular formula is C13H25N3O2S2. The molecule has 0 aromatic rings. The molecule has 20 heavy (non-hydrogen) atoms. The van der Waals surface area contributed by atoms with Crippen molar-refractivity contribution in [3.05, 3.63) is 0 Å². The zero-order valence-corrected chi connectivity index (χ0v) is 13.8. The summed E-state index contributed by atoms with van der Waals surface area (Å²) in [5, 5.41) is 0. The third-order valence-electron chi connectivity index (χ3n) is 4.14. The lowest BCUT2D eigenvalue weighted by molar-refractivity contribution is 0.162. The first-order chi connectivity index (χ1) is 9.44. The number of nitrogens with zero attached hydrogens (tertiary/aromatic N) is 2. The van der Waals surface area contributed by atoms with Gasteiger partial charge in [-0.3, -0.25) is 4.90 Å². The van der Waals surface area contributed by atoms with E-state index in [9.17, 15) is 8.42 Å². The predicted octanol–water partition coefficient (Wildman–Crippen LogP) is 0.799. The highest BCUT2D eigenvalue weighted by molar-refractivity contribution is 7.89. The average molecular weight is 319 g/mol. The molecule has 2 fully saturated rings. The Bertz CT molecular complexity index is 441. The van der Waals surface area contributed by atoms with Gasteiger partial charge in [-0.25, -0.2) is 8.42 Å². The Kier molecular flexibility index (Phi) is 5.39. The summed E-state index contributed by atoms with van der Waals surface area (Å²) < 4.78 is 26.1. The summed E-state index contributed by atoms with van der Waals surface area (Å²) in [5.74, 6) is 0.739. The van der Waals surface area contributed by atoms with Crippen LogP contribution in [0.25, 0.3) is 0 Å². The molecule has 5 nitrogen and oxygen atoms in total. The van der Waals surface area contributed by atoms with Crippen LogP contribution in [-0.2, 0) is 10.0 Å². The van der Waals surface area contributed by atoms with Gasteiger partial charge in [-0.1, -0.05) is 25.6 Å². The number of nitrogens with two attached hydrogens (primary N) is 1. The van der Waals surface area contributed by atoms with Gasteiger partial charge in [0.2, 0.25) is 10.0 Å². The molecule has 7 heteroatoms. The van der Waals surface area contributed by atoms with Gasteiger partial charge >= 0.3 is 0 Å². The van der Waals surface area contributed by atoms with Crippen LogP contribution in [-0.4, -0.2) is 60.6 Å². The van der Waals surface area contributed by atoms with Crippen molar-refractivity contribution in [3.8, 4) is 0 Å². The lowest BCUT2D eigenvalue weighted by atomic mass is 10.1. The molecule has 1 atom stereocenters. The van der Waals surface area contributed by atoms with Crippen LogP contribution in [0.2, 0.25) is 0 Å². The minimum absolute atomic E-state index is 0.114. The molecule has 0 spiro atoms. The fourth-order valence-electron chi connectivity index (χ4n) is 2.76. The Morgan fingerprint density at radius 1 is 1.30 bits per heavy atom. The molecule has 1 unspecified atom stereocenters. The van der Waals surface area contributed by atoms with Crippen molar-refractivity contribution in [3.63, 3.8) is 0 Å². The summed E-state index contributed by atoms with van der Waals surface area (Å²) in [4.78, 5) is 2.76. The highest BCUT2D eigenvalue weighted by Crippen LogP contribution is 2.31. The van der Waals surface area contributed by atoms with E-state index in [2.05, 4.69) is 11.8 Å². The van der Waals surface area contributed by atoms with Crippen LogP contribution < -0.4 is 5.73 Å². The van der Waals surface area contributed by atoms with Crippen molar-refractivity contribution in [2.45, 2.75) is 38.6 Å². The lowest BCUT2D eigenvalue weighted by Gasteiger charge is -2.38. The number of hydrogen-bond acceptors (Lipinski definition) is 4. The van der Waals surface area contributed by atoms with Crippen LogP contribution in [0.15, 0.2) is 0 Å². The van der Waals surface area contributed by atoms with Gasteiger partial charge < -0.3 is 5.73 Å². The Morgan fingerprint density at radius 3 is 2.35 bits per heavy atom. The molecule has 0 aromatic heterocycles. The molecule has 2 rings (SSSR count). The molecule has 116 valence electrons. The van der Waals surface area contributed by atoms with E-state index in [1.165, 1.54) is 0 Å². The standard InChI is InChI=1S/C13H25N3O2S2/c1-2-3-12(13(14)19)15-6-8-16(9-7-15)20(17,18)10-11-4-5-11/h11-12H,2-10H2,1H3,(H2,14,19). The first kappa shape index (κ1) is 16.1. The second-order valence-corrected chi connectivity index (χ2v) is 8.35. The normalized spacial score (nSPS) is 23.6. The van der Waals surface area contributed by atoms with Crippen molar-refractivity contribution >= 4 is 27.2 Å². The van der Waals surface area contributed by atoms with Crippen molar-refractivity contribution in [2.75, 3.05) is 31.9 Å². The van der Waals surface area contributed by atoms with E-state index < -0.39 is 10.0 Å². The molecule has 2 N–H and O–H groups in total. The maximum absolute atomic E-state index is 12.2. The number of thiocarbonyl (C=S) groups is 1. The molecule has 1 heterocycles. The molecule has 1 aliphatic heterocycles. The van der Waals surface area contributed by atoms with Gasteiger partial charge in [0, 0.05) is 26.2 Å². The van der Waals surface area contributed by atoms with Crippen LogP contribution in [0, 0.1) is 5.92 Å². The second kappa shape index (κ2) is 6.68. The fraction of sp³-hybridized carbons (Fsp3) is 0.923. The highest BCUT2D eigenvalue weighted by Gasteiger charge is 2.34. The van der Waals surface area contributed by atoms with Gasteiger partial charge in [-0.2, -0.15) is 4.31 Å². The molecular weight excluding hydrogens is 294 g/mol. The van der Waals surface area contributed by atoms with Gasteiger partial charge in [0.25, 0.3) is 0 Å². The largest absolute Gasteiger partial charge is 0.392 e. The Morgan fingerprint density at radius 2 is 1.90 bits per heavy atom. The molecule has 1 saturated carbocycles. The van der Waals surface area contributed by atoms with Crippen LogP contribution in [0.4, 0.5) is 0 Å². The van der Waals surface area contributed by atoms with Gasteiger partial charge in [0.15, 0.2) is 0 Å². The maximum atomic E-state index is 12.2. The monoisotopic (exact) mass is 319 g/mol. The van der Waals surface area contributed by atoms with Crippen LogP contribution >= 0.6 is 12.2 Å². The first-order valence-electron chi connectivity index (χ1n) is 7.45. The maximum Gasteiger partial charge on any atom is 0.214 e. The van der Waals surface area contributed by atoms with Crippen molar-refractivity contribution in [1.29, 1.82) is 0 Å². The summed E-state index contributed by atoms with van der Waals surface area (Å²) in [6.45, 7) is 4.70. The molecule has 0 amide bonds. The minimum atomic E-state index is -3.06. The van der Waals surface area contributed by atoms with E-state index in [4.69, 9.17) is 18.0 Å². The third-order valence-corrected chi connectivity index (χ3v) is 6.46. The van der Waals surface area contributed by atoms with Gasteiger partial charge in [0.05, 0.1) is 16.8 Å². The number of sulfonamides is 1. The number of piperazine rings is 1. The molecule has 1 saturated heterocycles. The predicted molar refractivity (Wildman–Crippen MR) is 85.1 cm³/mol. The number of hydrogen-bond donors (Lipinski definition) is 1. The second-order valence-electron chi connectivity index (χ2n) is 5.86. The summed E-state index contributed by atoms with van der Waals surface area (Å²) >= 11 is 5.14. The van der Waals surface area contributed by atoms with Crippen molar-refractivity contribution in [2.24, 2.45) is 11.7 Å². The first-order valence-corrected chi connectivity index (χ1v) is 9.47. The lowest BCUT2D eigenvalue weighted by Crippen LogP contribution is -2.55. The minimum Gasteiger partial charge on any atom is -0.392 e. The van der Waals surface area contributed by atoms with Crippen molar-refractivity contribution < 1.29 is 8.42 Å². The Hall–Kier alpha value is -0.240. The van der Waals surface area contributed by atoms with Gasteiger partial charge in [-0.05, 0) is 25.2 Å². The van der Waals surface area contributed by atoms with E-state index in [1.54, 1.807) is 4.31 Å². The number of rotatable bonds is 7. The van der Waals surface area contributed by atoms with Crippen LogP contribution in [0.5, 0.6) is 0 Å². The smallest absolute Gasteiger partial charge is 0.214 e. The van der Waals surface area contributed by atoms with Crippen LogP contribution in [0.1, 0.15) is 32.6 Å². The van der Waals surface area contributed by atoms with Crippen molar-refractivity contribution in [1.82, 2.24) is 9.21 Å². The molecule has 1 aliphatic carbocycles. The topological polar surface area (TPSA) is 66.6 Å². The van der Waals surface area contributed by atoms with Gasteiger partial charge in [0.1, 0.15) is 0 Å². The molecule has 0 radical (unpaired) electrons. The summed E-state index contributed by atoms with van der Waals surface area (Å²) in [6.07, 6.45) is 4.12. The van der Waals surface area contributed by atoms with E-state index in [1.807, 2.05) is 0 Å². The Labute approximate surface area is 127 Å². The molecule has 2 aliphatic rings. The summed E-state index contributed by atoms with van der Waals surface area (Å²) in [6, 6.07) is 0.114. The zero-order chi connectivity index (χ0) is 14.8. The fourth-order valence-corrected chi connectivity index (χ4v) is 4.89. The highest BCUT2D eigenvalue weighted by atomic mass is 32.2. The molecule has 0 aromatic carbocycles. The van der Waals surface area contributed by atoms with Gasteiger partial charge in [-0.15, -0.1) is 0 Å². The van der Waals surface area contributed by atoms with Crippen LogP contribution in [0.3, 0.4) is 0 Å².